The van der Waals surface area contributed by atoms with Crippen molar-refractivity contribution in [3.8, 4) is 0 Å². The summed E-state index contributed by atoms with van der Waals surface area (Å²) >= 11 is 0. The normalized spacial score (nSPS) is 32.6. The molecule has 86 valence electrons. The molecule has 0 bridgehead atoms. The van der Waals surface area contributed by atoms with Gasteiger partial charge in [-0.25, -0.2) is 4.79 Å². The summed E-state index contributed by atoms with van der Waals surface area (Å²) in [4.78, 5) is 13.3. The minimum atomic E-state index is -0.119. The first kappa shape index (κ1) is 10.7. The zero-order chi connectivity index (χ0) is 10.7. The Labute approximate surface area is 91.0 Å². The summed E-state index contributed by atoms with van der Waals surface area (Å²) in [5.74, 6) is 1.30. The Bertz CT molecular complexity index is 233. The van der Waals surface area contributed by atoms with Gasteiger partial charge in [-0.05, 0) is 37.8 Å². The van der Waals surface area contributed by atoms with E-state index in [1.165, 1.54) is 6.42 Å². The number of ether oxygens (including phenoxy) is 1. The fraction of sp³-hybridized carbons (Fsp3) is 0.909. The molecule has 0 aromatic carbocycles. The van der Waals surface area contributed by atoms with E-state index in [0.29, 0.717) is 18.4 Å². The first-order valence-electron chi connectivity index (χ1n) is 5.90. The Morgan fingerprint density at radius 2 is 2.47 bits per heavy atom. The standard InChI is InChI=1S/C11H20N2O2/c1-9-7-12-4-3-10(9)8-13-5-2-6-15-11(13)14/h9-10,12H,2-8H2,1H3. The van der Waals surface area contributed by atoms with E-state index in [0.717, 1.165) is 32.6 Å². The lowest BCUT2D eigenvalue weighted by Gasteiger charge is -2.35. The van der Waals surface area contributed by atoms with Gasteiger partial charge in [0.25, 0.3) is 0 Å². The summed E-state index contributed by atoms with van der Waals surface area (Å²) in [5.41, 5.74) is 0. The molecular formula is C11H20N2O2. The molecule has 15 heavy (non-hydrogen) atoms. The molecule has 2 unspecified atom stereocenters. The van der Waals surface area contributed by atoms with Crippen molar-refractivity contribution in [2.45, 2.75) is 19.8 Å². The fourth-order valence-electron chi connectivity index (χ4n) is 2.39. The Kier molecular flexibility index (Phi) is 3.46. The number of cyclic esters (lactones) is 1. The topological polar surface area (TPSA) is 41.6 Å². The monoisotopic (exact) mass is 212 g/mol. The molecule has 0 aromatic rings. The summed E-state index contributed by atoms with van der Waals surface area (Å²) in [7, 11) is 0. The fourth-order valence-corrected chi connectivity index (χ4v) is 2.39. The molecule has 4 nitrogen and oxygen atoms in total. The molecule has 2 heterocycles. The molecule has 0 spiro atoms. The van der Waals surface area contributed by atoms with Crippen LogP contribution in [0.2, 0.25) is 0 Å². The molecule has 4 heteroatoms. The zero-order valence-corrected chi connectivity index (χ0v) is 9.37. The van der Waals surface area contributed by atoms with Crippen LogP contribution in [-0.4, -0.2) is 43.8 Å². The molecule has 1 amide bonds. The van der Waals surface area contributed by atoms with Crippen molar-refractivity contribution in [1.82, 2.24) is 10.2 Å². The van der Waals surface area contributed by atoms with E-state index in [1.807, 2.05) is 4.90 Å². The highest BCUT2D eigenvalue weighted by Crippen LogP contribution is 2.21. The quantitative estimate of drug-likeness (QED) is 0.744. The zero-order valence-electron chi connectivity index (χ0n) is 9.37. The highest BCUT2D eigenvalue weighted by molar-refractivity contribution is 5.68. The summed E-state index contributed by atoms with van der Waals surface area (Å²) in [6.45, 7) is 6.76. The number of nitrogens with one attached hydrogen (secondary N) is 1. The van der Waals surface area contributed by atoms with Crippen LogP contribution in [0.5, 0.6) is 0 Å². The van der Waals surface area contributed by atoms with E-state index in [-0.39, 0.29) is 6.09 Å². The Morgan fingerprint density at radius 3 is 3.20 bits per heavy atom. The van der Waals surface area contributed by atoms with E-state index in [9.17, 15) is 4.79 Å². The summed E-state index contributed by atoms with van der Waals surface area (Å²) < 4.78 is 5.04. The van der Waals surface area contributed by atoms with Gasteiger partial charge >= 0.3 is 6.09 Å². The molecule has 2 atom stereocenters. The maximum absolute atomic E-state index is 11.5. The Balaban J connectivity index is 1.86. The lowest BCUT2D eigenvalue weighted by atomic mass is 9.87. The molecule has 0 radical (unpaired) electrons. The summed E-state index contributed by atoms with van der Waals surface area (Å²) in [5, 5.41) is 3.38. The number of rotatable bonds is 2. The largest absolute Gasteiger partial charge is 0.449 e. The van der Waals surface area contributed by atoms with E-state index >= 15 is 0 Å². The van der Waals surface area contributed by atoms with Gasteiger partial charge in [0.05, 0.1) is 6.61 Å². The number of carbonyl (C=O) groups is 1. The summed E-state index contributed by atoms with van der Waals surface area (Å²) in [6, 6.07) is 0. The number of hydrogen-bond donors (Lipinski definition) is 1. The Hall–Kier alpha value is -0.770. The van der Waals surface area contributed by atoms with Crippen LogP contribution in [0, 0.1) is 11.8 Å². The van der Waals surface area contributed by atoms with Crippen LogP contribution >= 0.6 is 0 Å². The second kappa shape index (κ2) is 4.84. The lowest BCUT2D eigenvalue weighted by Crippen LogP contribution is -2.45. The number of piperidine rings is 1. The highest BCUT2D eigenvalue weighted by Gasteiger charge is 2.27. The average molecular weight is 212 g/mol. The third-order valence-electron chi connectivity index (χ3n) is 3.47. The highest BCUT2D eigenvalue weighted by atomic mass is 16.6. The molecule has 2 fully saturated rings. The van der Waals surface area contributed by atoms with Gasteiger partial charge in [-0.1, -0.05) is 6.92 Å². The molecular weight excluding hydrogens is 192 g/mol. The van der Waals surface area contributed by atoms with E-state index in [4.69, 9.17) is 4.74 Å². The number of hydrogen-bond acceptors (Lipinski definition) is 3. The molecule has 1 N–H and O–H groups in total. The Morgan fingerprint density at radius 1 is 1.60 bits per heavy atom. The van der Waals surface area contributed by atoms with Crippen LogP contribution in [0.15, 0.2) is 0 Å². The van der Waals surface area contributed by atoms with Crippen molar-refractivity contribution in [1.29, 1.82) is 0 Å². The second-order valence-corrected chi connectivity index (χ2v) is 4.64. The van der Waals surface area contributed by atoms with Gasteiger partial charge in [0, 0.05) is 13.1 Å². The predicted molar refractivity (Wildman–Crippen MR) is 57.7 cm³/mol. The lowest BCUT2D eigenvalue weighted by molar-refractivity contribution is 0.0591. The van der Waals surface area contributed by atoms with Crippen LogP contribution in [-0.2, 0) is 4.74 Å². The van der Waals surface area contributed by atoms with Crippen molar-refractivity contribution >= 4 is 6.09 Å². The van der Waals surface area contributed by atoms with Crippen molar-refractivity contribution in [3.63, 3.8) is 0 Å². The molecule has 0 saturated carbocycles. The molecule has 2 aliphatic rings. The van der Waals surface area contributed by atoms with Crippen molar-refractivity contribution in [2.75, 3.05) is 32.8 Å². The molecule has 2 rings (SSSR count). The van der Waals surface area contributed by atoms with E-state index in [2.05, 4.69) is 12.2 Å². The number of amides is 1. The summed E-state index contributed by atoms with van der Waals surface area (Å²) in [6.07, 6.45) is 2.03. The second-order valence-electron chi connectivity index (χ2n) is 4.64. The van der Waals surface area contributed by atoms with Crippen LogP contribution in [0.1, 0.15) is 19.8 Å². The predicted octanol–water partition coefficient (Wildman–Crippen LogP) is 1.07. The van der Waals surface area contributed by atoms with Crippen molar-refractivity contribution in [3.05, 3.63) is 0 Å². The molecule has 2 aliphatic heterocycles. The maximum Gasteiger partial charge on any atom is 0.409 e. The number of carbonyl (C=O) groups excluding carboxylic acids is 1. The third kappa shape index (κ3) is 2.62. The third-order valence-corrected chi connectivity index (χ3v) is 3.47. The first-order chi connectivity index (χ1) is 7.27. The van der Waals surface area contributed by atoms with Gasteiger partial charge in [0.15, 0.2) is 0 Å². The van der Waals surface area contributed by atoms with Crippen LogP contribution in [0.3, 0.4) is 0 Å². The van der Waals surface area contributed by atoms with Gasteiger partial charge in [-0.2, -0.15) is 0 Å². The van der Waals surface area contributed by atoms with Gasteiger partial charge in [0.2, 0.25) is 0 Å². The van der Waals surface area contributed by atoms with Gasteiger partial charge < -0.3 is 15.0 Å². The van der Waals surface area contributed by atoms with Gasteiger partial charge in [0.1, 0.15) is 0 Å². The van der Waals surface area contributed by atoms with Gasteiger partial charge in [-0.15, -0.1) is 0 Å². The smallest absolute Gasteiger partial charge is 0.409 e. The van der Waals surface area contributed by atoms with Crippen molar-refractivity contribution in [2.24, 2.45) is 11.8 Å². The number of nitrogens with zero attached hydrogens (tertiary/aromatic N) is 1. The van der Waals surface area contributed by atoms with Crippen LogP contribution < -0.4 is 5.32 Å². The van der Waals surface area contributed by atoms with Crippen molar-refractivity contribution < 1.29 is 9.53 Å². The maximum atomic E-state index is 11.5. The first-order valence-corrected chi connectivity index (χ1v) is 5.90. The van der Waals surface area contributed by atoms with E-state index < -0.39 is 0 Å². The molecule has 2 saturated heterocycles. The van der Waals surface area contributed by atoms with Crippen LogP contribution in [0.4, 0.5) is 4.79 Å². The minimum Gasteiger partial charge on any atom is -0.449 e. The van der Waals surface area contributed by atoms with Gasteiger partial charge in [-0.3, -0.25) is 0 Å². The average Bonchev–Trinajstić information content (AvgIpc) is 2.24. The van der Waals surface area contributed by atoms with Crippen LogP contribution in [0.25, 0.3) is 0 Å². The minimum absolute atomic E-state index is 0.119. The molecule has 0 aliphatic carbocycles. The SMILES string of the molecule is CC1CNCCC1CN1CCCOC1=O. The van der Waals surface area contributed by atoms with E-state index in [1.54, 1.807) is 0 Å². The molecule has 0 aromatic heterocycles.